The van der Waals surface area contributed by atoms with Crippen molar-refractivity contribution in [2.45, 2.75) is 11.3 Å². The Balaban J connectivity index is 1.82. The van der Waals surface area contributed by atoms with Gasteiger partial charge in [0.05, 0.1) is 22.8 Å². The summed E-state index contributed by atoms with van der Waals surface area (Å²) >= 11 is 0. The van der Waals surface area contributed by atoms with Gasteiger partial charge < -0.3 is 5.32 Å². The molecule has 0 aliphatic heterocycles. The van der Waals surface area contributed by atoms with Gasteiger partial charge in [0.15, 0.2) is 9.84 Å². The Hall–Kier alpha value is -2.65. The molecule has 0 bridgehead atoms. The zero-order chi connectivity index (χ0) is 17.4. The number of benzene rings is 2. The highest BCUT2D eigenvalue weighted by atomic mass is 32.2. The van der Waals surface area contributed by atoms with E-state index in [4.69, 9.17) is 0 Å². The molecule has 0 heterocycles. The normalized spacial score (nSPS) is 10.5. The lowest BCUT2D eigenvalue weighted by molar-refractivity contribution is -0.120. The lowest BCUT2D eigenvalue weighted by Crippen LogP contribution is -2.25. The summed E-state index contributed by atoms with van der Waals surface area (Å²) in [5.74, 6) is 4.12. The molecule has 0 saturated heterocycles. The van der Waals surface area contributed by atoms with Crippen LogP contribution in [0.25, 0.3) is 0 Å². The van der Waals surface area contributed by atoms with Gasteiger partial charge in [0, 0.05) is 6.42 Å². The van der Waals surface area contributed by atoms with E-state index in [1.54, 1.807) is 30.3 Å². The van der Waals surface area contributed by atoms with E-state index in [1.807, 2.05) is 0 Å². The maximum atomic E-state index is 13.3. The molecule has 2 aromatic carbocycles. The first-order valence-corrected chi connectivity index (χ1v) is 8.92. The maximum absolute atomic E-state index is 13.3. The molecule has 0 unspecified atom stereocenters. The largest absolute Gasteiger partial charge is 0.345 e. The number of sulfone groups is 1. The molecule has 24 heavy (non-hydrogen) atoms. The summed E-state index contributed by atoms with van der Waals surface area (Å²) in [7, 11) is -3.48. The third-order valence-electron chi connectivity index (χ3n) is 3.17. The number of nitrogens with one attached hydrogen (secondary N) is 1. The Labute approximate surface area is 140 Å². The van der Waals surface area contributed by atoms with Crippen LogP contribution in [-0.2, 0) is 14.6 Å². The first-order chi connectivity index (χ1) is 11.5. The SMILES string of the molecule is O=C(CCS(=O)(=O)c1ccccc1)NCC#Cc1ccccc1F. The van der Waals surface area contributed by atoms with E-state index >= 15 is 0 Å². The van der Waals surface area contributed by atoms with Crippen molar-refractivity contribution in [3.63, 3.8) is 0 Å². The van der Waals surface area contributed by atoms with Crippen molar-refractivity contribution in [3.8, 4) is 11.8 Å². The van der Waals surface area contributed by atoms with Gasteiger partial charge in [0.2, 0.25) is 5.91 Å². The molecule has 0 saturated carbocycles. The van der Waals surface area contributed by atoms with Crippen molar-refractivity contribution in [1.82, 2.24) is 5.32 Å². The van der Waals surface area contributed by atoms with Crippen LogP contribution in [-0.4, -0.2) is 26.6 Å². The second-order valence-electron chi connectivity index (χ2n) is 4.94. The maximum Gasteiger partial charge on any atom is 0.221 e. The molecule has 1 amide bonds. The molecule has 6 heteroatoms. The van der Waals surface area contributed by atoms with Crippen LogP contribution in [0.15, 0.2) is 59.5 Å². The third kappa shape index (κ3) is 5.21. The Kier molecular flexibility index (Phi) is 6.10. The summed E-state index contributed by atoms with van der Waals surface area (Å²) in [6.45, 7) is 0.0263. The van der Waals surface area contributed by atoms with Crippen LogP contribution in [0.1, 0.15) is 12.0 Å². The third-order valence-corrected chi connectivity index (χ3v) is 4.90. The van der Waals surface area contributed by atoms with Crippen LogP contribution in [0.4, 0.5) is 4.39 Å². The van der Waals surface area contributed by atoms with E-state index in [0.29, 0.717) is 0 Å². The molecule has 0 spiro atoms. The predicted octanol–water partition coefficient (Wildman–Crippen LogP) is 2.16. The molecule has 2 rings (SSSR count). The van der Waals surface area contributed by atoms with Crippen molar-refractivity contribution in [2.75, 3.05) is 12.3 Å². The van der Waals surface area contributed by atoms with Gasteiger partial charge in [-0.15, -0.1) is 0 Å². The Morgan fingerprint density at radius 2 is 1.71 bits per heavy atom. The van der Waals surface area contributed by atoms with E-state index in [0.717, 1.165) is 0 Å². The number of rotatable bonds is 5. The van der Waals surface area contributed by atoms with Gasteiger partial charge in [0.1, 0.15) is 5.82 Å². The Bertz CT molecular complexity index is 868. The highest BCUT2D eigenvalue weighted by molar-refractivity contribution is 7.91. The average molecular weight is 345 g/mol. The molecular formula is C18H16FNO3S. The van der Waals surface area contributed by atoms with E-state index in [9.17, 15) is 17.6 Å². The lowest BCUT2D eigenvalue weighted by atomic mass is 10.2. The number of hydrogen-bond acceptors (Lipinski definition) is 3. The van der Waals surface area contributed by atoms with Gasteiger partial charge in [-0.25, -0.2) is 12.8 Å². The van der Waals surface area contributed by atoms with E-state index in [-0.39, 0.29) is 29.2 Å². The minimum absolute atomic E-state index is 0.0263. The summed E-state index contributed by atoms with van der Waals surface area (Å²) in [5, 5.41) is 2.50. The number of hydrogen-bond donors (Lipinski definition) is 1. The van der Waals surface area contributed by atoms with Crippen molar-refractivity contribution in [2.24, 2.45) is 0 Å². The van der Waals surface area contributed by atoms with Gasteiger partial charge in [-0.05, 0) is 24.3 Å². The van der Waals surface area contributed by atoms with Crippen LogP contribution >= 0.6 is 0 Å². The summed E-state index contributed by atoms with van der Waals surface area (Å²) in [5.41, 5.74) is 0.249. The minimum atomic E-state index is -3.48. The van der Waals surface area contributed by atoms with E-state index in [2.05, 4.69) is 17.2 Å². The van der Waals surface area contributed by atoms with Crippen LogP contribution < -0.4 is 5.32 Å². The van der Waals surface area contributed by atoms with Crippen LogP contribution in [0.3, 0.4) is 0 Å². The highest BCUT2D eigenvalue weighted by Gasteiger charge is 2.15. The predicted molar refractivity (Wildman–Crippen MR) is 89.4 cm³/mol. The topological polar surface area (TPSA) is 63.2 Å². The number of halogens is 1. The van der Waals surface area contributed by atoms with Crippen molar-refractivity contribution < 1.29 is 17.6 Å². The first kappa shape index (κ1) is 17.7. The van der Waals surface area contributed by atoms with Crippen LogP contribution in [0.5, 0.6) is 0 Å². The second-order valence-corrected chi connectivity index (χ2v) is 7.05. The highest BCUT2D eigenvalue weighted by Crippen LogP contribution is 2.10. The average Bonchev–Trinajstić information content (AvgIpc) is 2.59. The van der Waals surface area contributed by atoms with Gasteiger partial charge in [-0.2, -0.15) is 0 Å². The zero-order valence-corrected chi connectivity index (χ0v) is 13.6. The van der Waals surface area contributed by atoms with Crippen molar-refractivity contribution in [3.05, 3.63) is 66.0 Å². The monoisotopic (exact) mass is 345 g/mol. The van der Waals surface area contributed by atoms with Gasteiger partial charge in [-0.3, -0.25) is 4.79 Å². The van der Waals surface area contributed by atoms with E-state index in [1.165, 1.54) is 24.3 Å². The van der Waals surface area contributed by atoms with Crippen molar-refractivity contribution >= 4 is 15.7 Å². The number of carbonyl (C=O) groups excluding carboxylic acids is 1. The molecule has 2 aromatic rings. The molecule has 0 atom stereocenters. The molecule has 124 valence electrons. The Morgan fingerprint density at radius 3 is 2.42 bits per heavy atom. The summed E-state index contributed by atoms with van der Waals surface area (Å²) in [4.78, 5) is 11.9. The van der Waals surface area contributed by atoms with Crippen LogP contribution in [0, 0.1) is 17.7 Å². The fourth-order valence-electron chi connectivity index (χ4n) is 1.91. The molecular weight excluding hydrogens is 329 g/mol. The van der Waals surface area contributed by atoms with Gasteiger partial charge in [-0.1, -0.05) is 42.2 Å². The number of amides is 1. The fourth-order valence-corrected chi connectivity index (χ4v) is 3.17. The molecule has 0 radical (unpaired) electrons. The minimum Gasteiger partial charge on any atom is -0.345 e. The Morgan fingerprint density at radius 1 is 1.04 bits per heavy atom. The molecule has 0 fully saturated rings. The van der Waals surface area contributed by atoms with Crippen LogP contribution in [0.2, 0.25) is 0 Å². The van der Waals surface area contributed by atoms with Gasteiger partial charge >= 0.3 is 0 Å². The summed E-state index contributed by atoms with van der Waals surface area (Å²) < 4.78 is 37.4. The molecule has 0 aliphatic carbocycles. The molecule has 0 aromatic heterocycles. The summed E-state index contributed by atoms with van der Waals surface area (Å²) in [6, 6.07) is 14.0. The standard InChI is InChI=1S/C18H16FNO3S/c19-17-11-5-4-7-15(17)8-6-13-20-18(21)12-14-24(22,23)16-9-2-1-3-10-16/h1-5,7,9-11H,12-14H2,(H,20,21). The molecule has 4 nitrogen and oxygen atoms in total. The lowest BCUT2D eigenvalue weighted by Gasteiger charge is -2.04. The fraction of sp³-hybridized carbons (Fsp3) is 0.167. The van der Waals surface area contributed by atoms with Gasteiger partial charge in [0.25, 0.3) is 0 Å². The number of carbonyl (C=O) groups is 1. The van der Waals surface area contributed by atoms with Crippen molar-refractivity contribution in [1.29, 1.82) is 0 Å². The van der Waals surface area contributed by atoms with E-state index < -0.39 is 21.6 Å². The smallest absolute Gasteiger partial charge is 0.221 e. The molecule has 0 aliphatic rings. The summed E-state index contributed by atoms with van der Waals surface area (Å²) in [6.07, 6.45) is -0.154. The zero-order valence-electron chi connectivity index (χ0n) is 12.8. The quantitative estimate of drug-likeness (QED) is 0.845. The molecule has 1 N–H and O–H groups in total. The first-order valence-electron chi connectivity index (χ1n) is 7.27. The second kappa shape index (κ2) is 8.27.